The third-order valence-electron chi connectivity index (χ3n) is 5.65. The van der Waals surface area contributed by atoms with Gasteiger partial charge in [-0.25, -0.2) is 4.79 Å². The molecule has 0 N–H and O–H groups in total. The summed E-state index contributed by atoms with van der Waals surface area (Å²) in [5, 5.41) is 0. The van der Waals surface area contributed by atoms with Crippen molar-refractivity contribution in [2.45, 2.75) is 19.1 Å². The van der Waals surface area contributed by atoms with Crippen molar-refractivity contribution >= 4 is 11.7 Å². The Kier molecular flexibility index (Phi) is 6.63. The van der Waals surface area contributed by atoms with Crippen LogP contribution in [0.3, 0.4) is 0 Å². The lowest BCUT2D eigenvalue weighted by Crippen LogP contribution is -2.48. The number of benzene rings is 2. The molecule has 2 aliphatic heterocycles. The van der Waals surface area contributed by atoms with Gasteiger partial charge in [-0.05, 0) is 36.2 Å². The van der Waals surface area contributed by atoms with Gasteiger partial charge in [-0.15, -0.1) is 0 Å². The number of rotatable bonds is 7. The van der Waals surface area contributed by atoms with Gasteiger partial charge in [0.2, 0.25) is 0 Å². The lowest BCUT2D eigenvalue weighted by atomic mass is 9.99. The smallest absolute Gasteiger partial charge is 0.366 e. The van der Waals surface area contributed by atoms with Crippen molar-refractivity contribution in [3.05, 3.63) is 54.1 Å². The van der Waals surface area contributed by atoms with Gasteiger partial charge in [0.15, 0.2) is 0 Å². The maximum Gasteiger partial charge on any atom is 0.366 e. The number of carbonyl (C=O) groups excluding carboxylic acids is 1. The molecule has 2 aliphatic rings. The minimum atomic E-state index is -1.30. The van der Waals surface area contributed by atoms with Gasteiger partial charge in [-0.1, -0.05) is 24.3 Å². The van der Waals surface area contributed by atoms with E-state index in [1.54, 1.807) is 6.92 Å². The second-order valence-corrected chi connectivity index (χ2v) is 7.93. The van der Waals surface area contributed by atoms with E-state index in [0.717, 1.165) is 36.7 Å². The molecule has 2 aromatic carbocycles. The van der Waals surface area contributed by atoms with Crippen LogP contribution in [0, 0.1) is 5.92 Å². The first-order valence-electron chi connectivity index (χ1n) is 10.6. The first-order chi connectivity index (χ1) is 15.1. The lowest BCUT2D eigenvalue weighted by molar-refractivity contribution is -0.272. The number of para-hydroxylation sites is 2. The Morgan fingerprint density at radius 2 is 1.87 bits per heavy atom. The van der Waals surface area contributed by atoms with Gasteiger partial charge in [-0.2, -0.15) is 0 Å². The third-order valence-corrected chi connectivity index (χ3v) is 5.65. The van der Waals surface area contributed by atoms with Crippen LogP contribution >= 0.6 is 0 Å². The highest BCUT2D eigenvalue weighted by molar-refractivity contribution is 5.77. The van der Waals surface area contributed by atoms with Crippen LogP contribution in [0.15, 0.2) is 48.5 Å². The fourth-order valence-corrected chi connectivity index (χ4v) is 3.85. The molecule has 0 spiro atoms. The molecule has 31 heavy (non-hydrogen) atoms. The largest absolute Gasteiger partial charge is 0.492 e. The highest BCUT2D eigenvalue weighted by atomic mass is 16.7. The zero-order chi connectivity index (χ0) is 21.7. The van der Waals surface area contributed by atoms with Crippen molar-refractivity contribution in [1.29, 1.82) is 0 Å². The highest BCUT2D eigenvalue weighted by Gasteiger charge is 2.41. The number of esters is 1. The van der Waals surface area contributed by atoms with E-state index in [1.807, 2.05) is 30.3 Å². The molecule has 0 aromatic heterocycles. The molecule has 0 aliphatic carbocycles. The van der Waals surface area contributed by atoms with Crippen LogP contribution in [0.5, 0.6) is 11.5 Å². The third kappa shape index (κ3) is 5.11. The molecule has 2 aromatic rings. The lowest BCUT2D eigenvalue weighted by Gasteiger charge is -2.35. The van der Waals surface area contributed by atoms with E-state index < -0.39 is 11.8 Å². The molecule has 7 nitrogen and oxygen atoms in total. The number of anilines is 1. The molecule has 0 bridgehead atoms. The SMILES string of the molecule is COC(=O)C1(C)OCC(Cc2ccc(OCCN3CCOc4ccccc43)cc2)CO1. The molecule has 0 amide bonds. The second kappa shape index (κ2) is 9.58. The summed E-state index contributed by atoms with van der Waals surface area (Å²) in [5.74, 6) is 0.156. The van der Waals surface area contributed by atoms with E-state index >= 15 is 0 Å². The second-order valence-electron chi connectivity index (χ2n) is 7.93. The van der Waals surface area contributed by atoms with Gasteiger partial charge in [0.25, 0.3) is 5.79 Å². The van der Waals surface area contributed by atoms with Crippen molar-refractivity contribution in [2.24, 2.45) is 5.92 Å². The van der Waals surface area contributed by atoms with Crippen LogP contribution in [-0.2, 0) is 25.4 Å². The summed E-state index contributed by atoms with van der Waals surface area (Å²) in [6.07, 6.45) is 0.808. The van der Waals surface area contributed by atoms with E-state index in [2.05, 4.69) is 23.1 Å². The average molecular weight is 427 g/mol. The van der Waals surface area contributed by atoms with Gasteiger partial charge >= 0.3 is 5.97 Å². The van der Waals surface area contributed by atoms with Gasteiger partial charge in [-0.3, -0.25) is 0 Å². The Labute approximate surface area is 182 Å². The van der Waals surface area contributed by atoms with E-state index in [0.29, 0.717) is 26.4 Å². The van der Waals surface area contributed by atoms with Gasteiger partial charge < -0.3 is 28.6 Å². The van der Waals surface area contributed by atoms with Crippen molar-refractivity contribution in [2.75, 3.05) is 51.5 Å². The van der Waals surface area contributed by atoms with Crippen LogP contribution in [0.2, 0.25) is 0 Å². The molecule has 0 saturated carbocycles. The van der Waals surface area contributed by atoms with E-state index in [4.69, 9.17) is 23.7 Å². The number of fused-ring (bicyclic) bond motifs is 1. The Balaban J connectivity index is 1.23. The topological polar surface area (TPSA) is 66.5 Å². The number of hydrogen-bond acceptors (Lipinski definition) is 7. The predicted molar refractivity (Wildman–Crippen MR) is 116 cm³/mol. The van der Waals surface area contributed by atoms with Gasteiger partial charge in [0.1, 0.15) is 24.7 Å². The number of nitrogens with zero attached hydrogens (tertiary/aromatic N) is 1. The minimum absolute atomic E-state index is 0.186. The van der Waals surface area contributed by atoms with E-state index in [9.17, 15) is 4.79 Å². The quantitative estimate of drug-likeness (QED) is 0.629. The van der Waals surface area contributed by atoms with Crippen molar-refractivity contribution in [3.8, 4) is 11.5 Å². The van der Waals surface area contributed by atoms with Crippen LogP contribution in [0.25, 0.3) is 0 Å². The molecule has 0 unspecified atom stereocenters. The molecular formula is C24H29NO6. The zero-order valence-corrected chi connectivity index (χ0v) is 18.0. The monoisotopic (exact) mass is 427 g/mol. The molecule has 1 fully saturated rings. The number of hydrogen-bond donors (Lipinski definition) is 0. The fraction of sp³-hybridized carbons (Fsp3) is 0.458. The summed E-state index contributed by atoms with van der Waals surface area (Å²) in [7, 11) is 1.33. The van der Waals surface area contributed by atoms with Crippen LogP contribution in [0.1, 0.15) is 12.5 Å². The van der Waals surface area contributed by atoms with Crippen LogP contribution in [0.4, 0.5) is 5.69 Å². The Hall–Kier alpha value is -2.77. The molecule has 7 heteroatoms. The summed E-state index contributed by atoms with van der Waals surface area (Å²) in [4.78, 5) is 14.0. The maximum absolute atomic E-state index is 11.7. The zero-order valence-electron chi connectivity index (χ0n) is 18.0. The highest BCUT2D eigenvalue weighted by Crippen LogP contribution is 2.30. The molecule has 4 rings (SSSR count). The molecule has 0 atom stereocenters. The van der Waals surface area contributed by atoms with Crippen molar-refractivity contribution in [3.63, 3.8) is 0 Å². The summed E-state index contributed by atoms with van der Waals surface area (Å²) in [6.45, 7) is 5.45. The average Bonchev–Trinajstić information content (AvgIpc) is 2.81. The molecule has 2 heterocycles. The van der Waals surface area contributed by atoms with E-state index in [-0.39, 0.29) is 5.92 Å². The van der Waals surface area contributed by atoms with Gasteiger partial charge in [0.05, 0.1) is 39.1 Å². The number of methoxy groups -OCH3 is 1. The van der Waals surface area contributed by atoms with Crippen LogP contribution < -0.4 is 14.4 Å². The number of ether oxygens (including phenoxy) is 5. The normalized spacial score (nSPS) is 22.9. The minimum Gasteiger partial charge on any atom is -0.492 e. The predicted octanol–water partition coefficient (Wildman–Crippen LogP) is 3.06. The summed E-state index contributed by atoms with van der Waals surface area (Å²) in [6, 6.07) is 16.2. The summed E-state index contributed by atoms with van der Waals surface area (Å²) >= 11 is 0. The molecule has 1 saturated heterocycles. The Morgan fingerprint density at radius 1 is 1.13 bits per heavy atom. The van der Waals surface area contributed by atoms with Crippen molar-refractivity contribution < 1.29 is 28.5 Å². The standard InChI is InChI=1S/C24H29NO6/c1-24(23(26)27-2)30-16-19(17-31-24)15-18-7-9-20(10-8-18)28-13-11-25-12-14-29-22-6-4-3-5-21(22)25/h3-10,19H,11-17H2,1-2H3. The summed E-state index contributed by atoms with van der Waals surface area (Å²) in [5.41, 5.74) is 2.29. The van der Waals surface area contributed by atoms with Crippen molar-refractivity contribution in [1.82, 2.24) is 0 Å². The number of carbonyl (C=O) groups is 1. The van der Waals surface area contributed by atoms with E-state index in [1.165, 1.54) is 12.7 Å². The Bertz CT molecular complexity index is 876. The fourth-order valence-electron chi connectivity index (χ4n) is 3.85. The van der Waals surface area contributed by atoms with Crippen LogP contribution in [-0.4, -0.2) is 58.4 Å². The first-order valence-corrected chi connectivity index (χ1v) is 10.6. The maximum atomic E-state index is 11.7. The molecule has 0 radical (unpaired) electrons. The summed E-state index contributed by atoms with van der Waals surface area (Å²) < 4.78 is 27.6. The van der Waals surface area contributed by atoms with Gasteiger partial charge in [0, 0.05) is 12.8 Å². The Morgan fingerprint density at radius 3 is 2.61 bits per heavy atom. The first kappa shape index (κ1) is 21.5. The molecule has 166 valence electrons. The molecular weight excluding hydrogens is 398 g/mol.